The molecule has 0 unspecified atom stereocenters. The lowest BCUT2D eigenvalue weighted by molar-refractivity contribution is -0.125. The van der Waals surface area contributed by atoms with Crippen molar-refractivity contribution >= 4 is 39.7 Å². The SMILES string of the molecule is CNc1n[nH]c2ncc(/C=C/C(=O)N(C)Cc3cc4ccccc4n3C)cc12. The molecule has 0 radical (unpaired) electrons. The van der Waals surface area contributed by atoms with E-state index in [0.717, 1.165) is 28.0 Å². The van der Waals surface area contributed by atoms with Crippen LogP contribution in [0, 0.1) is 0 Å². The Hall–Kier alpha value is -3.61. The summed E-state index contributed by atoms with van der Waals surface area (Å²) in [6, 6.07) is 12.3. The maximum absolute atomic E-state index is 12.6. The smallest absolute Gasteiger partial charge is 0.246 e. The number of H-pyrrole nitrogens is 1. The van der Waals surface area contributed by atoms with Gasteiger partial charge in [0.25, 0.3) is 0 Å². The van der Waals surface area contributed by atoms with Crippen LogP contribution in [0.1, 0.15) is 11.3 Å². The number of hydrogen-bond donors (Lipinski definition) is 2. The van der Waals surface area contributed by atoms with Crippen LogP contribution in [0.4, 0.5) is 5.82 Å². The fourth-order valence-corrected chi connectivity index (χ4v) is 3.31. The van der Waals surface area contributed by atoms with E-state index in [2.05, 4.69) is 43.3 Å². The molecule has 142 valence electrons. The third-order valence-corrected chi connectivity index (χ3v) is 4.92. The molecule has 0 atom stereocenters. The highest BCUT2D eigenvalue weighted by Crippen LogP contribution is 2.21. The average molecular weight is 374 g/mol. The Balaban J connectivity index is 1.50. The molecule has 7 heteroatoms. The highest BCUT2D eigenvalue weighted by atomic mass is 16.2. The van der Waals surface area contributed by atoms with Crippen LogP contribution < -0.4 is 5.32 Å². The second kappa shape index (κ2) is 7.19. The summed E-state index contributed by atoms with van der Waals surface area (Å²) >= 11 is 0. The topological polar surface area (TPSA) is 78.8 Å². The number of pyridine rings is 1. The number of nitrogens with zero attached hydrogens (tertiary/aromatic N) is 4. The fourth-order valence-electron chi connectivity index (χ4n) is 3.31. The lowest BCUT2D eigenvalue weighted by Crippen LogP contribution is -2.25. The number of rotatable bonds is 5. The first-order valence-corrected chi connectivity index (χ1v) is 9.05. The van der Waals surface area contributed by atoms with Crippen molar-refractivity contribution in [2.45, 2.75) is 6.54 Å². The normalized spacial score (nSPS) is 11.5. The number of aryl methyl sites for hydroxylation is 1. The number of anilines is 1. The molecule has 0 saturated heterocycles. The summed E-state index contributed by atoms with van der Waals surface area (Å²) in [6.07, 6.45) is 5.07. The van der Waals surface area contributed by atoms with E-state index in [0.29, 0.717) is 12.2 Å². The zero-order chi connectivity index (χ0) is 19.7. The highest BCUT2D eigenvalue weighted by molar-refractivity contribution is 5.93. The summed E-state index contributed by atoms with van der Waals surface area (Å²) in [4.78, 5) is 18.6. The Morgan fingerprint density at radius 1 is 1.32 bits per heavy atom. The maximum Gasteiger partial charge on any atom is 0.246 e. The van der Waals surface area contributed by atoms with Gasteiger partial charge in [-0.2, -0.15) is 5.10 Å². The molecule has 2 N–H and O–H groups in total. The molecule has 28 heavy (non-hydrogen) atoms. The van der Waals surface area contributed by atoms with E-state index in [1.54, 1.807) is 30.3 Å². The highest BCUT2D eigenvalue weighted by Gasteiger charge is 2.11. The van der Waals surface area contributed by atoms with E-state index >= 15 is 0 Å². The molecule has 4 aromatic rings. The van der Waals surface area contributed by atoms with Gasteiger partial charge in [0.05, 0.1) is 11.9 Å². The van der Waals surface area contributed by atoms with Crippen LogP contribution in [0.3, 0.4) is 0 Å². The van der Waals surface area contributed by atoms with E-state index in [9.17, 15) is 4.79 Å². The number of para-hydroxylation sites is 1. The molecular weight excluding hydrogens is 352 g/mol. The first-order chi connectivity index (χ1) is 13.6. The van der Waals surface area contributed by atoms with Gasteiger partial charge in [0.15, 0.2) is 11.5 Å². The Labute approximate surface area is 162 Å². The first-order valence-electron chi connectivity index (χ1n) is 9.05. The maximum atomic E-state index is 12.6. The number of carbonyl (C=O) groups excluding carboxylic acids is 1. The summed E-state index contributed by atoms with van der Waals surface area (Å²) in [7, 11) is 5.64. The molecule has 4 rings (SSSR count). The summed E-state index contributed by atoms with van der Waals surface area (Å²) in [5.41, 5.74) is 3.80. The van der Waals surface area contributed by atoms with Crippen LogP contribution in [0.2, 0.25) is 0 Å². The lowest BCUT2D eigenvalue weighted by atomic mass is 10.2. The minimum Gasteiger partial charge on any atom is -0.371 e. The monoisotopic (exact) mass is 374 g/mol. The van der Waals surface area contributed by atoms with Crippen molar-refractivity contribution in [2.75, 3.05) is 19.4 Å². The van der Waals surface area contributed by atoms with Crippen LogP contribution in [-0.4, -0.2) is 44.7 Å². The summed E-state index contributed by atoms with van der Waals surface area (Å²) in [5.74, 6) is 0.670. The molecule has 3 aromatic heterocycles. The zero-order valence-electron chi connectivity index (χ0n) is 16.1. The minimum atomic E-state index is -0.0635. The van der Waals surface area contributed by atoms with Gasteiger partial charge in [-0.3, -0.25) is 9.89 Å². The van der Waals surface area contributed by atoms with E-state index in [-0.39, 0.29) is 5.91 Å². The van der Waals surface area contributed by atoms with Crippen molar-refractivity contribution in [2.24, 2.45) is 7.05 Å². The minimum absolute atomic E-state index is 0.0635. The third kappa shape index (κ3) is 3.22. The fraction of sp³-hybridized carbons (Fsp3) is 0.190. The number of carbonyl (C=O) groups is 1. The van der Waals surface area contributed by atoms with E-state index < -0.39 is 0 Å². The van der Waals surface area contributed by atoms with Crippen molar-refractivity contribution < 1.29 is 4.79 Å². The van der Waals surface area contributed by atoms with Gasteiger partial charge in [-0.1, -0.05) is 18.2 Å². The molecule has 0 bridgehead atoms. The number of nitrogens with one attached hydrogen (secondary N) is 2. The van der Waals surface area contributed by atoms with Gasteiger partial charge in [0, 0.05) is 44.6 Å². The predicted octanol–water partition coefficient (Wildman–Crippen LogP) is 3.16. The van der Waals surface area contributed by atoms with E-state index in [1.807, 2.05) is 32.3 Å². The van der Waals surface area contributed by atoms with Gasteiger partial charge in [-0.15, -0.1) is 0 Å². The molecule has 1 aromatic carbocycles. The van der Waals surface area contributed by atoms with Gasteiger partial charge in [-0.25, -0.2) is 4.98 Å². The second-order valence-corrected chi connectivity index (χ2v) is 6.77. The van der Waals surface area contributed by atoms with Crippen molar-refractivity contribution in [3.8, 4) is 0 Å². The van der Waals surface area contributed by atoms with Gasteiger partial charge < -0.3 is 14.8 Å². The molecule has 0 saturated carbocycles. The molecule has 0 aliphatic heterocycles. The number of fused-ring (bicyclic) bond motifs is 2. The Morgan fingerprint density at radius 2 is 2.14 bits per heavy atom. The molecule has 0 spiro atoms. The van der Waals surface area contributed by atoms with Gasteiger partial charge in [0.1, 0.15) is 0 Å². The van der Waals surface area contributed by atoms with E-state index in [1.165, 1.54) is 5.39 Å². The van der Waals surface area contributed by atoms with Crippen molar-refractivity contribution in [1.82, 2.24) is 24.6 Å². The average Bonchev–Trinajstić information content (AvgIpc) is 3.26. The van der Waals surface area contributed by atoms with Crippen molar-refractivity contribution in [3.05, 3.63) is 59.9 Å². The zero-order valence-corrected chi connectivity index (χ0v) is 16.1. The van der Waals surface area contributed by atoms with Crippen LogP contribution in [0.15, 0.2) is 48.7 Å². The lowest BCUT2D eigenvalue weighted by Gasteiger charge is -2.15. The quantitative estimate of drug-likeness (QED) is 0.526. The van der Waals surface area contributed by atoms with Crippen LogP contribution in [-0.2, 0) is 18.4 Å². The summed E-state index contributed by atoms with van der Waals surface area (Å²) < 4.78 is 2.12. The Bertz CT molecular complexity index is 1190. The molecular formula is C21H22N6O. The number of aromatic amines is 1. The van der Waals surface area contributed by atoms with E-state index in [4.69, 9.17) is 0 Å². The van der Waals surface area contributed by atoms with Crippen molar-refractivity contribution in [3.63, 3.8) is 0 Å². The number of amides is 1. The van der Waals surface area contributed by atoms with Crippen LogP contribution in [0.25, 0.3) is 28.0 Å². The molecule has 0 fully saturated rings. The second-order valence-electron chi connectivity index (χ2n) is 6.77. The Morgan fingerprint density at radius 3 is 2.93 bits per heavy atom. The van der Waals surface area contributed by atoms with Gasteiger partial charge in [0.2, 0.25) is 5.91 Å². The van der Waals surface area contributed by atoms with Gasteiger partial charge in [-0.05, 0) is 35.2 Å². The van der Waals surface area contributed by atoms with Crippen LogP contribution in [0.5, 0.6) is 0 Å². The molecule has 0 aliphatic rings. The number of benzene rings is 1. The summed E-state index contributed by atoms with van der Waals surface area (Å²) in [5, 5.41) is 12.1. The third-order valence-electron chi connectivity index (χ3n) is 4.92. The summed E-state index contributed by atoms with van der Waals surface area (Å²) in [6.45, 7) is 0.539. The largest absolute Gasteiger partial charge is 0.371 e. The predicted molar refractivity (Wildman–Crippen MR) is 112 cm³/mol. The molecule has 1 amide bonds. The molecule has 3 heterocycles. The number of aromatic nitrogens is 4. The standard InChI is InChI=1S/C21H22N6O/c1-22-20-17-10-14(12-23-21(17)25-24-20)8-9-19(28)26(2)13-16-11-15-6-4-5-7-18(15)27(16)3/h4-12H,13H2,1-3H3,(H2,22,23,24,25)/b9-8+. The first kappa shape index (κ1) is 17.8. The van der Waals surface area contributed by atoms with Gasteiger partial charge >= 0.3 is 0 Å². The number of hydrogen-bond acceptors (Lipinski definition) is 4. The van der Waals surface area contributed by atoms with Crippen molar-refractivity contribution in [1.29, 1.82) is 0 Å². The number of likely N-dealkylation sites (N-methyl/N-ethyl adjacent to an activating group) is 1. The Kier molecular flexibility index (Phi) is 4.57. The molecule has 0 aliphatic carbocycles. The van der Waals surface area contributed by atoms with Crippen LogP contribution >= 0.6 is 0 Å². The molecule has 7 nitrogen and oxygen atoms in total.